The molecule has 17 heavy (non-hydrogen) atoms. The first kappa shape index (κ1) is 13.6. The summed E-state index contributed by atoms with van der Waals surface area (Å²) in [6.07, 6.45) is 2.57. The number of hydrogen-bond acceptors (Lipinski definition) is 2. The minimum atomic E-state index is -0.989. The Morgan fingerprint density at radius 2 is 2.06 bits per heavy atom. The second-order valence-corrected chi connectivity index (χ2v) is 5.10. The molecule has 0 aliphatic rings. The second-order valence-electron chi connectivity index (χ2n) is 3.73. The minimum absolute atomic E-state index is 0.0243. The predicted octanol–water partition coefficient (Wildman–Crippen LogP) is 3.06. The molecule has 1 N–H and O–H groups in total. The Hall–Kier alpha value is -1.42. The molecule has 1 aromatic rings. The maximum atomic E-state index is 11.8. The van der Waals surface area contributed by atoms with E-state index in [-0.39, 0.29) is 10.6 Å². The van der Waals surface area contributed by atoms with Gasteiger partial charge in [-0.15, -0.1) is 0 Å². The smallest absolute Gasteiger partial charge is 0.328 e. The summed E-state index contributed by atoms with van der Waals surface area (Å²) in [6.45, 7) is 3.61. The van der Waals surface area contributed by atoms with Crippen LogP contribution in [0.15, 0.2) is 24.3 Å². The lowest BCUT2D eigenvalue weighted by atomic mass is 10.0. The van der Waals surface area contributed by atoms with Crippen molar-refractivity contribution in [3.8, 4) is 0 Å². The molecule has 4 heteroatoms. The minimum Gasteiger partial charge on any atom is -0.478 e. The van der Waals surface area contributed by atoms with Crippen LogP contribution in [0.3, 0.4) is 0 Å². The largest absolute Gasteiger partial charge is 0.478 e. The van der Waals surface area contributed by atoms with Crippen LogP contribution in [0.2, 0.25) is 0 Å². The standard InChI is InChI=1S/C13H13BrO3/c1-8-7-10(4-6-12(15)16)3-5-11(8)13(17)9(2)14/h3-7,9H,1-2H3,(H,15,16)/b6-4+. The molecule has 0 aromatic heterocycles. The number of Topliss-reactive ketones (excluding diaryl/α,β-unsaturated/α-hetero) is 1. The van der Waals surface area contributed by atoms with Gasteiger partial charge in [0.1, 0.15) is 0 Å². The van der Waals surface area contributed by atoms with E-state index >= 15 is 0 Å². The van der Waals surface area contributed by atoms with E-state index in [2.05, 4.69) is 15.9 Å². The van der Waals surface area contributed by atoms with Gasteiger partial charge in [-0.2, -0.15) is 0 Å². The molecule has 0 bridgehead atoms. The van der Waals surface area contributed by atoms with Crippen LogP contribution in [0.4, 0.5) is 0 Å². The van der Waals surface area contributed by atoms with Crippen molar-refractivity contribution in [2.75, 3.05) is 0 Å². The summed E-state index contributed by atoms with van der Waals surface area (Å²) in [7, 11) is 0. The zero-order valence-corrected chi connectivity index (χ0v) is 11.2. The summed E-state index contributed by atoms with van der Waals surface area (Å²) in [5.41, 5.74) is 2.26. The number of carbonyl (C=O) groups excluding carboxylic acids is 1. The highest BCUT2D eigenvalue weighted by molar-refractivity contribution is 9.10. The number of hydrogen-bond donors (Lipinski definition) is 1. The van der Waals surface area contributed by atoms with Crippen LogP contribution in [0.25, 0.3) is 6.08 Å². The van der Waals surface area contributed by atoms with Crippen LogP contribution < -0.4 is 0 Å². The zero-order chi connectivity index (χ0) is 13.0. The van der Waals surface area contributed by atoms with Gasteiger partial charge in [0.05, 0.1) is 4.83 Å². The van der Waals surface area contributed by atoms with Gasteiger partial charge < -0.3 is 5.11 Å². The van der Waals surface area contributed by atoms with Crippen LogP contribution in [-0.4, -0.2) is 21.7 Å². The molecule has 1 unspecified atom stereocenters. The van der Waals surface area contributed by atoms with Crippen molar-refractivity contribution in [2.45, 2.75) is 18.7 Å². The van der Waals surface area contributed by atoms with E-state index < -0.39 is 5.97 Å². The summed E-state index contributed by atoms with van der Waals surface area (Å²) in [4.78, 5) is 21.9. The molecule has 0 saturated heterocycles. The van der Waals surface area contributed by atoms with Crippen LogP contribution in [0.1, 0.15) is 28.4 Å². The van der Waals surface area contributed by atoms with E-state index in [1.54, 1.807) is 25.1 Å². The van der Waals surface area contributed by atoms with Crippen molar-refractivity contribution in [2.24, 2.45) is 0 Å². The third-order valence-corrected chi connectivity index (χ3v) is 2.71. The first-order chi connectivity index (χ1) is 7.91. The molecule has 3 nitrogen and oxygen atoms in total. The average Bonchev–Trinajstić information content (AvgIpc) is 2.25. The second kappa shape index (κ2) is 5.77. The molecule has 90 valence electrons. The topological polar surface area (TPSA) is 54.4 Å². The molecular formula is C13H13BrO3. The molecule has 0 heterocycles. The quantitative estimate of drug-likeness (QED) is 0.528. The van der Waals surface area contributed by atoms with Gasteiger partial charge >= 0.3 is 5.97 Å². The molecule has 0 spiro atoms. The lowest BCUT2D eigenvalue weighted by Crippen LogP contribution is -2.11. The fourth-order valence-electron chi connectivity index (χ4n) is 1.45. The fourth-order valence-corrected chi connectivity index (χ4v) is 1.70. The molecule has 0 aliphatic carbocycles. The first-order valence-electron chi connectivity index (χ1n) is 5.11. The van der Waals surface area contributed by atoms with Crippen LogP contribution in [-0.2, 0) is 4.79 Å². The molecular weight excluding hydrogens is 284 g/mol. The highest BCUT2D eigenvalue weighted by Crippen LogP contribution is 2.16. The van der Waals surface area contributed by atoms with Gasteiger partial charge in [0.2, 0.25) is 0 Å². The van der Waals surface area contributed by atoms with Gasteiger partial charge in [-0.3, -0.25) is 4.79 Å². The van der Waals surface area contributed by atoms with E-state index in [0.29, 0.717) is 5.56 Å². The first-order valence-corrected chi connectivity index (χ1v) is 6.03. The number of ketones is 1. The van der Waals surface area contributed by atoms with Crippen molar-refractivity contribution in [1.82, 2.24) is 0 Å². The molecule has 0 radical (unpaired) electrons. The highest BCUT2D eigenvalue weighted by atomic mass is 79.9. The zero-order valence-electron chi connectivity index (χ0n) is 9.61. The molecule has 1 rings (SSSR count). The average molecular weight is 297 g/mol. The van der Waals surface area contributed by atoms with Gasteiger partial charge in [0.15, 0.2) is 5.78 Å². The van der Waals surface area contributed by atoms with Crippen molar-refractivity contribution in [3.05, 3.63) is 41.0 Å². The number of alkyl halides is 1. The van der Waals surface area contributed by atoms with E-state index in [0.717, 1.165) is 17.2 Å². The van der Waals surface area contributed by atoms with Gasteiger partial charge in [0, 0.05) is 11.6 Å². The van der Waals surface area contributed by atoms with Gasteiger partial charge in [-0.1, -0.05) is 34.1 Å². The van der Waals surface area contributed by atoms with E-state index in [1.807, 2.05) is 6.92 Å². The number of carbonyl (C=O) groups is 2. The van der Waals surface area contributed by atoms with E-state index in [1.165, 1.54) is 6.08 Å². The van der Waals surface area contributed by atoms with Gasteiger partial charge in [-0.05, 0) is 31.1 Å². The Balaban J connectivity index is 3.02. The van der Waals surface area contributed by atoms with Crippen molar-refractivity contribution in [3.63, 3.8) is 0 Å². The lowest BCUT2D eigenvalue weighted by molar-refractivity contribution is -0.131. The number of rotatable bonds is 4. The SMILES string of the molecule is Cc1cc(/C=C/C(=O)O)ccc1C(=O)C(C)Br. The van der Waals surface area contributed by atoms with Crippen molar-refractivity contribution < 1.29 is 14.7 Å². The molecule has 1 atom stereocenters. The Kier molecular flexibility index (Phi) is 4.63. The van der Waals surface area contributed by atoms with Crippen LogP contribution >= 0.6 is 15.9 Å². The summed E-state index contributed by atoms with van der Waals surface area (Å²) < 4.78 is 0. The Bertz CT molecular complexity index is 476. The lowest BCUT2D eigenvalue weighted by Gasteiger charge is -2.07. The number of aliphatic carboxylic acids is 1. The predicted molar refractivity (Wildman–Crippen MR) is 70.6 cm³/mol. The third-order valence-electron chi connectivity index (χ3n) is 2.30. The molecule has 0 aliphatic heterocycles. The summed E-state index contributed by atoms with van der Waals surface area (Å²) in [6, 6.07) is 5.24. The maximum Gasteiger partial charge on any atom is 0.328 e. The Morgan fingerprint density at radius 3 is 2.53 bits per heavy atom. The monoisotopic (exact) mass is 296 g/mol. The number of benzene rings is 1. The highest BCUT2D eigenvalue weighted by Gasteiger charge is 2.13. The van der Waals surface area contributed by atoms with Crippen LogP contribution in [0.5, 0.6) is 0 Å². The fraction of sp³-hybridized carbons (Fsp3) is 0.231. The summed E-state index contributed by atoms with van der Waals surface area (Å²) in [5, 5.41) is 8.51. The number of aryl methyl sites for hydroxylation is 1. The number of carboxylic acids is 1. The maximum absolute atomic E-state index is 11.8. The Morgan fingerprint density at radius 1 is 1.41 bits per heavy atom. The van der Waals surface area contributed by atoms with Crippen molar-refractivity contribution >= 4 is 33.8 Å². The normalized spacial score (nSPS) is 12.6. The summed E-state index contributed by atoms with van der Waals surface area (Å²) in [5.74, 6) is -0.965. The van der Waals surface area contributed by atoms with Gasteiger partial charge in [-0.25, -0.2) is 4.79 Å². The number of carboxylic acid groups (broad SMARTS) is 1. The molecule has 0 saturated carbocycles. The number of halogens is 1. The van der Waals surface area contributed by atoms with E-state index in [9.17, 15) is 9.59 Å². The molecule has 0 fully saturated rings. The summed E-state index contributed by atoms with van der Waals surface area (Å²) >= 11 is 3.24. The Labute approximate surface area is 108 Å². The van der Waals surface area contributed by atoms with Crippen molar-refractivity contribution in [1.29, 1.82) is 0 Å². The molecule has 0 amide bonds. The third kappa shape index (κ3) is 3.82. The van der Waals surface area contributed by atoms with E-state index in [4.69, 9.17) is 5.11 Å². The molecule has 1 aromatic carbocycles. The van der Waals surface area contributed by atoms with Gasteiger partial charge in [0.25, 0.3) is 0 Å². The van der Waals surface area contributed by atoms with Crippen LogP contribution in [0, 0.1) is 6.92 Å².